The number of anilines is 3. The molecule has 7 nitrogen and oxygen atoms in total. The Morgan fingerprint density at radius 3 is 2.64 bits per heavy atom. The molecule has 1 atom stereocenters. The Kier molecular flexibility index (Phi) is 4.09. The van der Waals surface area contributed by atoms with Gasteiger partial charge >= 0.3 is 0 Å². The SMILES string of the molecule is Fc1cccc(F)c1C1Nc2cnc(N3CCOCC3)cc2-n2nccc2N1. The number of fused-ring (bicyclic) bond motifs is 3. The van der Waals surface area contributed by atoms with Crippen LogP contribution in [0.5, 0.6) is 0 Å². The van der Waals surface area contributed by atoms with Crippen LogP contribution in [0.2, 0.25) is 0 Å². The Morgan fingerprint density at radius 1 is 1.07 bits per heavy atom. The van der Waals surface area contributed by atoms with E-state index in [9.17, 15) is 8.78 Å². The molecule has 0 radical (unpaired) electrons. The second-order valence-electron chi connectivity index (χ2n) is 6.64. The van der Waals surface area contributed by atoms with Gasteiger partial charge in [0.2, 0.25) is 0 Å². The second kappa shape index (κ2) is 6.75. The topological polar surface area (TPSA) is 67.2 Å². The third-order valence-electron chi connectivity index (χ3n) is 4.95. The molecule has 5 rings (SSSR count). The zero-order valence-electron chi connectivity index (χ0n) is 14.9. The Balaban J connectivity index is 1.59. The molecule has 0 aliphatic carbocycles. The molecule has 0 amide bonds. The molecule has 28 heavy (non-hydrogen) atoms. The molecule has 9 heteroatoms. The average molecular weight is 384 g/mol. The molecule has 1 saturated heterocycles. The van der Waals surface area contributed by atoms with Gasteiger partial charge in [-0.1, -0.05) is 6.07 Å². The lowest BCUT2D eigenvalue weighted by Crippen LogP contribution is -2.36. The maximum Gasteiger partial charge on any atom is 0.133 e. The molecule has 3 aromatic rings. The van der Waals surface area contributed by atoms with Gasteiger partial charge in [-0.25, -0.2) is 18.4 Å². The second-order valence-corrected chi connectivity index (χ2v) is 6.64. The van der Waals surface area contributed by atoms with Crippen LogP contribution in [0.4, 0.5) is 26.1 Å². The first-order chi connectivity index (χ1) is 13.7. The van der Waals surface area contributed by atoms with Crippen LogP contribution in [-0.2, 0) is 4.74 Å². The van der Waals surface area contributed by atoms with Gasteiger partial charge in [-0.05, 0) is 12.1 Å². The molecule has 1 fully saturated rings. The standard InChI is InChI=1S/C19H18F2N6O/c20-12-2-1-3-13(21)18(12)19-24-14-11-22-17(26-6-8-28-9-7-26)10-15(14)27-16(25-19)4-5-23-27/h1-5,10-11,19,24-25H,6-9H2. The lowest BCUT2D eigenvalue weighted by molar-refractivity contribution is 0.122. The highest BCUT2D eigenvalue weighted by atomic mass is 19.1. The van der Waals surface area contributed by atoms with Crippen LogP contribution < -0.4 is 15.5 Å². The number of rotatable bonds is 2. The van der Waals surface area contributed by atoms with Gasteiger partial charge < -0.3 is 20.3 Å². The molecule has 2 N–H and O–H groups in total. The van der Waals surface area contributed by atoms with Gasteiger partial charge in [-0.3, -0.25) is 0 Å². The number of halogens is 2. The number of pyridine rings is 1. The lowest BCUT2D eigenvalue weighted by atomic mass is 10.1. The molecule has 0 bridgehead atoms. The van der Waals surface area contributed by atoms with E-state index in [-0.39, 0.29) is 5.56 Å². The minimum absolute atomic E-state index is 0.0830. The molecule has 4 heterocycles. The van der Waals surface area contributed by atoms with E-state index in [0.717, 1.165) is 24.6 Å². The van der Waals surface area contributed by atoms with Gasteiger partial charge in [0.1, 0.15) is 29.4 Å². The molecule has 1 aromatic carbocycles. The molecular formula is C19H18F2N6O. The van der Waals surface area contributed by atoms with Gasteiger partial charge in [-0.2, -0.15) is 5.10 Å². The van der Waals surface area contributed by atoms with Gasteiger partial charge in [0.15, 0.2) is 0 Å². The Bertz CT molecular complexity index is 997. The molecule has 2 aliphatic heterocycles. The number of hydrogen-bond acceptors (Lipinski definition) is 6. The summed E-state index contributed by atoms with van der Waals surface area (Å²) < 4.78 is 35.9. The molecule has 1 unspecified atom stereocenters. The van der Waals surface area contributed by atoms with Crippen molar-refractivity contribution in [3.63, 3.8) is 0 Å². The first kappa shape index (κ1) is 16.9. The maximum atomic E-state index is 14.4. The van der Waals surface area contributed by atoms with Crippen LogP contribution in [-0.4, -0.2) is 41.1 Å². The van der Waals surface area contributed by atoms with E-state index < -0.39 is 17.8 Å². The van der Waals surface area contributed by atoms with Gasteiger partial charge in [0.25, 0.3) is 0 Å². The van der Waals surface area contributed by atoms with E-state index in [4.69, 9.17) is 4.74 Å². The third-order valence-corrected chi connectivity index (χ3v) is 4.95. The zero-order valence-corrected chi connectivity index (χ0v) is 14.9. The number of ether oxygens (including phenoxy) is 1. The van der Waals surface area contributed by atoms with Crippen molar-refractivity contribution in [3.8, 4) is 5.69 Å². The highest BCUT2D eigenvalue weighted by Gasteiger charge is 2.27. The predicted octanol–water partition coefficient (Wildman–Crippen LogP) is 2.92. The third kappa shape index (κ3) is 2.84. The summed E-state index contributed by atoms with van der Waals surface area (Å²) in [5.41, 5.74) is 1.29. The maximum absolute atomic E-state index is 14.4. The fourth-order valence-corrected chi connectivity index (χ4v) is 3.56. The Labute approximate surface area is 159 Å². The smallest absolute Gasteiger partial charge is 0.133 e. The number of benzene rings is 1. The highest BCUT2D eigenvalue weighted by Crippen LogP contribution is 2.35. The summed E-state index contributed by atoms with van der Waals surface area (Å²) in [7, 11) is 0. The van der Waals surface area contributed by atoms with E-state index in [1.807, 2.05) is 6.07 Å². The van der Waals surface area contributed by atoms with Gasteiger partial charge in [0, 0.05) is 25.2 Å². The van der Waals surface area contributed by atoms with Crippen LogP contribution in [0, 0.1) is 11.6 Å². The first-order valence-corrected chi connectivity index (χ1v) is 9.05. The van der Waals surface area contributed by atoms with Crippen molar-refractivity contribution in [3.05, 3.63) is 59.9 Å². The largest absolute Gasteiger partial charge is 0.378 e. The van der Waals surface area contributed by atoms with Crippen molar-refractivity contribution in [2.24, 2.45) is 0 Å². The van der Waals surface area contributed by atoms with Crippen molar-refractivity contribution in [1.82, 2.24) is 14.8 Å². The van der Waals surface area contributed by atoms with Crippen molar-refractivity contribution < 1.29 is 13.5 Å². The summed E-state index contributed by atoms with van der Waals surface area (Å²) in [6.45, 7) is 2.82. The van der Waals surface area contributed by atoms with Crippen LogP contribution >= 0.6 is 0 Å². The Hall–Kier alpha value is -3.20. The van der Waals surface area contributed by atoms with Gasteiger partial charge in [0.05, 0.1) is 42.5 Å². The zero-order chi connectivity index (χ0) is 19.1. The number of morpholine rings is 1. The highest BCUT2D eigenvalue weighted by molar-refractivity contribution is 5.69. The summed E-state index contributed by atoms with van der Waals surface area (Å²) in [6.07, 6.45) is 2.50. The molecular weight excluding hydrogens is 366 g/mol. The van der Waals surface area contributed by atoms with Crippen molar-refractivity contribution in [1.29, 1.82) is 0 Å². The quantitative estimate of drug-likeness (QED) is 0.708. The molecule has 2 aliphatic rings. The van der Waals surface area contributed by atoms with Crippen molar-refractivity contribution in [2.75, 3.05) is 41.8 Å². The molecule has 0 spiro atoms. The van der Waals surface area contributed by atoms with Gasteiger partial charge in [-0.15, -0.1) is 0 Å². The minimum atomic E-state index is -0.811. The fourth-order valence-electron chi connectivity index (χ4n) is 3.56. The summed E-state index contributed by atoms with van der Waals surface area (Å²) in [4.78, 5) is 6.68. The van der Waals surface area contributed by atoms with E-state index in [1.54, 1.807) is 23.1 Å². The van der Waals surface area contributed by atoms with E-state index in [1.165, 1.54) is 18.2 Å². The predicted molar refractivity (Wildman–Crippen MR) is 101 cm³/mol. The van der Waals surface area contributed by atoms with Crippen LogP contribution in [0.15, 0.2) is 42.7 Å². The number of nitrogens with one attached hydrogen (secondary N) is 2. The fraction of sp³-hybridized carbons (Fsp3) is 0.263. The monoisotopic (exact) mass is 384 g/mol. The number of hydrogen-bond donors (Lipinski definition) is 2. The van der Waals surface area contributed by atoms with Crippen LogP contribution in [0.3, 0.4) is 0 Å². The first-order valence-electron chi connectivity index (χ1n) is 9.05. The average Bonchev–Trinajstić information content (AvgIpc) is 3.11. The van der Waals surface area contributed by atoms with E-state index in [2.05, 4.69) is 25.6 Å². The normalized spacial score (nSPS) is 18.5. The summed E-state index contributed by atoms with van der Waals surface area (Å²) in [6, 6.07) is 7.51. The van der Waals surface area contributed by atoms with Crippen molar-refractivity contribution in [2.45, 2.75) is 6.17 Å². The van der Waals surface area contributed by atoms with Crippen molar-refractivity contribution >= 4 is 17.3 Å². The molecule has 2 aromatic heterocycles. The summed E-state index contributed by atoms with van der Waals surface area (Å²) >= 11 is 0. The Morgan fingerprint density at radius 2 is 1.86 bits per heavy atom. The summed E-state index contributed by atoms with van der Waals surface area (Å²) in [5.74, 6) is 0.175. The summed E-state index contributed by atoms with van der Waals surface area (Å²) in [5, 5.41) is 10.7. The molecule has 0 saturated carbocycles. The van der Waals surface area contributed by atoms with E-state index in [0.29, 0.717) is 24.7 Å². The number of aromatic nitrogens is 3. The number of nitrogens with zero attached hydrogens (tertiary/aromatic N) is 4. The van der Waals surface area contributed by atoms with E-state index >= 15 is 0 Å². The van der Waals surface area contributed by atoms with Crippen LogP contribution in [0.25, 0.3) is 5.69 Å². The minimum Gasteiger partial charge on any atom is -0.378 e. The molecule has 144 valence electrons. The van der Waals surface area contributed by atoms with Crippen LogP contribution in [0.1, 0.15) is 11.7 Å². The lowest BCUT2D eigenvalue weighted by Gasteiger charge is -2.28.